The van der Waals surface area contributed by atoms with Crippen LogP contribution in [0.15, 0.2) is 24.5 Å². The molecule has 2 aromatic rings. The molecule has 0 saturated carbocycles. The van der Waals surface area contributed by atoms with Crippen LogP contribution in [0.3, 0.4) is 0 Å². The van der Waals surface area contributed by atoms with E-state index in [9.17, 15) is 4.79 Å². The molecule has 2 N–H and O–H groups in total. The van der Waals surface area contributed by atoms with E-state index in [0.29, 0.717) is 6.54 Å². The third-order valence-electron chi connectivity index (χ3n) is 3.09. The number of rotatable bonds is 4. The number of amides is 1. The maximum Gasteiger partial charge on any atom is 0.242 e. The van der Waals surface area contributed by atoms with Gasteiger partial charge in [0, 0.05) is 19.6 Å². The molecule has 98 valence electrons. The first-order valence-electron chi connectivity index (χ1n) is 6.10. The molecule has 0 fully saturated rings. The maximum absolute atomic E-state index is 11.7. The van der Waals surface area contributed by atoms with Crippen LogP contribution in [0.2, 0.25) is 0 Å². The summed E-state index contributed by atoms with van der Waals surface area (Å²) in [6.07, 6.45) is 1.42. The quantitative estimate of drug-likeness (QED) is 0.779. The molecule has 1 aliphatic heterocycles. The number of nitrogens with zero attached hydrogens (tertiary/aromatic N) is 4. The largest absolute Gasteiger partial charge is 0.350 e. The van der Waals surface area contributed by atoms with Crippen LogP contribution in [0.25, 0.3) is 0 Å². The highest BCUT2D eigenvalue weighted by atomic mass is 16.2. The lowest BCUT2D eigenvalue weighted by Crippen LogP contribution is -2.27. The van der Waals surface area contributed by atoms with E-state index in [0.717, 1.165) is 18.7 Å². The van der Waals surface area contributed by atoms with Crippen LogP contribution in [-0.2, 0) is 31.0 Å². The van der Waals surface area contributed by atoms with E-state index >= 15 is 0 Å². The minimum absolute atomic E-state index is 0.106. The van der Waals surface area contributed by atoms with Gasteiger partial charge in [-0.25, -0.2) is 4.68 Å². The van der Waals surface area contributed by atoms with Gasteiger partial charge < -0.3 is 10.6 Å². The van der Waals surface area contributed by atoms with E-state index in [4.69, 9.17) is 0 Å². The highest BCUT2D eigenvalue weighted by Crippen LogP contribution is 2.16. The molecule has 1 aromatic carbocycles. The number of carbonyl (C=O) groups is 1. The van der Waals surface area contributed by atoms with Crippen molar-refractivity contribution in [3.8, 4) is 0 Å². The fourth-order valence-electron chi connectivity index (χ4n) is 2.11. The van der Waals surface area contributed by atoms with Crippen molar-refractivity contribution in [2.24, 2.45) is 0 Å². The Labute approximate surface area is 110 Å². The summed E-state index contributed by atoms with van der Waals surface area (Å²) < 4.78 is 1.39. The average Bonchev–Trinajstić information content (AvgIpc) is 3.06. The zero-order valence-corrected chi connectivity index (χ0v) is 10.3. The fraction of sp³-hybridized carbons (Fsp3) is 0.333. The summed E-state index contributed by atoms with van der Waals surface area (Å²) in [5.74, 6) is -0.106. The Morgan fingerprint density at radius 3 is 3.11 bits per heavy atom. The summed E-state index contributed by atoms with van der Waals surface area (Å²) in [6, 6.07) is 6.29. The molecular weight excluding hydrogens is 244 g/mol. The first-order valence-corrected chi connectivity index (χ1v) is 6.10. The van der Waals surface area contributed by atoms with Gasteiger partial charge in [-0.3, -0.25) is 4.79 Å². The summed E-state index contributed by atoms with van der Waals surface area (Å²) in [5, 5.41) is 16.8. The molecule has 19 heavy (non-hydrogen) atoms. The lowest BCUT2D eigenvalue weighted by atomic mass is 10.1. The molecule has 7 heteroatoms. The first-order chi connectivity index (χ1) is 9.31. The fourth-order valence-corrected chi connectivity index (χ4v) is 2.11. The van der Waals surface area contributed by atoms with Gasteiger partial charge in [0.25, 0.3) is 0 Å². The van der Waals surface area contributed by atoms with E-state index in [1.807, 2.05) is 6.07 Å². The Bertz CT molecular complexity index is 580. The van der Waals surface area contributed by atoms with E-state index in [1.165, 1.54) is 22.1 Å². The van der Waals surface area contributed by atoms with Crippen molar-refractivity contribution in [2.45, 2.75) is 26.2 Å². The van der Waals surface area contributed by atoms with Gasteiger partial charge in [-0.2, -0.15) is 0 Å². The highest BCUT2D eigenvalue weighted by molar-refractivity contribution is 5.75. The van der Waals surface area contributed by atoms with Crippen LogP contribution in [-0.4, -0.2) is 26.1 Å². The third-order valence-corrected chi connectivity index (χ3v) is 3.09. The summed E-state index contributed by atoms with van der Waals surface area (Å²) in [6.45, 7) is 2.50. The number of tetrazole rings is 1. The molecule has 0 saturated heterocycles. The van der Waals surface area contributed by atoms with Gasteiger partial charge in [-0.1, -0.05) is 18.2 Å². The van der Waals surface area contributed by atoms with Crippen molar-refractivity contribution in [3.63, 3.8) is 0 Å². The van der Waals surface area contributed by atoms with Crippen LogP contribution in [0.1, 0.15) is 16.7 Å². The molecule has 0 bridgehead atoms. The van der Waals surface area contributed by atoms with Crippen molar-refractivity contribution >= 4 is 5.91 Å². The number of nitrogens with one attached hydrogen (secondary N) is 2. The standard InChI is InChI=1S/C12H14N6O/c19-12(7-18-8-15-16-17-18)14-4-9-1-2-10-5-13-6-11(10)3-9/h1-3,8,13H,4-7H2,(H,14,19). The van der Waals surface area contributed by atoms with Crippen molar-refractivity contribution in [1.29, 1.82) is 0 Å². The van der Waals surface area contributed by atoms with Crippen molar-refractivity contribution in [1.82, 2.24) is 30.8 Å². The summed E-state index contributed by atoms with van der Waals surface area (Å²) >= 11 is 0. The summed E-state index contributed by atoms with van der Waals surface area (Å²) in [4.78, 5) is 11.7. The average molecular weight is 258 g/mol. The van der Waals surface area contributed by atoms with E-state index in [-0.39, 0.29) is 12.5 Å². The molecule has 1 aliphatic rings. The second-order valence-corrected chi connectivity index (χ2v) is 4.49. The van der Waals surface area contributed by atoms with Gasteiger partial charge in [-0.15, -0.1) is 5.10 Å². The normalized spacial score (nSPS) is 13.3. The maximum atomic E-state index is 11.7. The minimum atomic E-state index is -0.106. The number of hydrogen-bond acceptors (Lipinski definition) is 5. The minimum Gasteiger partial charge on any atom is -0.350 e. The second-order valence-electron chi connectivity index (χ2n) is 4.49. The van der Waals surface area contributed by atoms with E-state index < -0.39 is 0 Å². The molecule has 1 amide bonds. The Morgan fingerprint density at radius 1 is 1.37 bits per heavy atom. The SMILES string of the molecule is O=C(Cn1cnnn1)NCc1ccc2c(c1)CNC2. The third kappa shape index (κ3) is 2.76. The Balaban J connectivity index is 1.56. The number of carbonyl (C=O) groups excluding carboxylic acids is 1. The Kier molecular flexibility index (Phi) is 3.20. The highest BCUT2D eigenvalue weighted by Gasteiger charge is 2.10. The van der Waals surface area contributed by atoms with Gasteiger partial charge in [0.15, 0.2) is 0 Å². The lowest BCUT2D eigenvalue weighted by Gasteiger charge is -2.06. The number of aromatic nitrogens is 4. The Hall–Kier alpha value is -2.28. The topological polar surface area (TPSA) is 84.7 Å². The number of fused-ring (bicyclic) bond motifs is 1. The molecular formula is C12H14N6O. The molecule has 0 radical (unpaired) electrons. The van der Waals surface area contributed by atoms with E-state index in [1.54, 1.807) is 0 Å². The van der Waals surface area contributed by atoms with Gasteiger partial charge >= 0.3 is 0 Å². The van der Waals surface area contributed by atoms with Crippen LogP contribution in [0.4, 0.5) is 0 Å². The molecule has 1 aromatic heterocycles. The Morgan fingerprint density at radius 2 is 2.26 bits per heavy atom. The zero-order valence-electron chi connectivity index (χ0n) is 10.3. The van der Waals surface area contributed by atoms with Crippen molar-refractivity contribution < 1.29 is 4.79 Å². The van der Waals surface area contributed by atoms with Crippen LogP contribution in [0, 0.1) is 0 Å². The van der Waals surface area contributed by atoms with Gasteiger partial charge in [0.2, 0.25) is 5.91 Å². The summed E-state index contributed by atoms with van der Waals surface area (Å²) in [7, 11) is 0. The molecule has 2 heterocycles. The van der Waals surface area contributed by atoms with Gasteiger partial charge in [-0.05, 0) is 27.1 Å². The second kappa shape index (κ2) is 5.15. The van der Waals surface area contributed by atoms with Crippen LogP contribution >= 0.6 is 0 Å². The lowest BCUT2D eigenvalue weighted by molar-refractivity contribution is -0.122. The smallest absolute Gasteiger partial charge is 0.242 e. The molecule has 3 rings (SSSR count). The molecule has 0 spiro atoms. The molecule has 0 unspecified atom stereocenters. The van der Waals surface area contributed by atoms with Crippen LogP contribution < -0.4 is 10.6 Å². The first kappa shape index (κ1) is 11.8. The predicted molar refractivity (Wildman–Crippen MR) is 66.6 cm³/mol. The molecule has 0 aliphatic carbocycles. The number of benzene rings is 1. The number of hydrogen-bond donors (Lipinski definition) is 2. The molecule has 7 nitrogen and oxygen atoms in total. The predicted octanol–water partition coefficient (Wildman–Crippen LogP) is -0.407. The van der Waals surface area contributed by atoms with Gasteiger partial charge in [0.05, 0.1) is 0 Å². The van der Waals surface area contributed by atoms with Crippen molar-refractivity contribution in [3.05, 3.63) is 41.2 Å². The summed E-state index contributed by atoms with van der Waals surface area (Å²) in [5.41, 5.74) is 3.75. The monoisotopic (exact) mass is 258 g/mol. The van der Waals surface area contributed by atoms with Crippen molar-refractivity contribution in [2.75, 3.05) is 0 Å². The zero-order chi connectivity index (χ0) is 13.1. The van der Waals surface area contributed by atoms with Crippen LogP contribution in [0.5, 0.6) is 0 Å². The van der Waals surface area contributed by atoms with E-state index in [2.05, 4.69) is 38.3 Å². The van der Waals surface area contributed by atoms with Gasteiger partial charge in [0.1, 0.15) is 12.9 Å². The molecule has 0 atom stereocenters.